The van der Waals surface area contributed by atoms with Crippen molar-refractivity contribution in [2.24, 2.45) is 5.92 Å². The van der Waals surface area contributed by atoms with Crippen molar-refractivity contribution in [2.45, 2.75) is 149 Å². The van der Waals surface area contributed by atoms with Crippen molar-refractivity contribution in [2.75, 3.05) is 40.3 Å². The highest BCUT2D eigenvalue weighted by Gasteiger charge is 2.46. The molecule has 6 amide bonds. The number of carbonyl (C=O) groups excluding carboxylic acids is 6. The smallest absolute Gasteiger partial charge is 0.247 e. The minimum absolute atomic E-state index is 0. The molecular formula is C68H86N12O6. The summed E-state index contributed by atoms with van der Waals surface area (Å²) in [6.07, 6.45) is 5.18. The number of aromatic nitrogens is 4. The molecule has 6 heterocycles. The van der Waals surface area contributed by atoms with Crippen LogP contribution in [0.15, 0.2) is 115 Å². The Morgan fingerprint density at radius 2 is 0.977 bits per heavy atom. The van der Waals surface area contributed by atoms with Crippen LogP contribution in [0.2, 0.25) is 0 Å². The van der Waals surface area contributed by atoms with E-state index in [2.05, 4.69) is 106 Å². The SMILES string of the molecule is C.CN[C@@H](C)C(=O)N[C@H]1CN(C(=O)CC(C)C)CC[C@H]2CC[C@@H](c3nc4c(-c5ccc(C)cc5)cccc4[nH]3)N2C1=O.CN[C@@H](C)C(=O)N[C@H]1CN(C(=O)Cc2ccccc2)CC[C@H]2CC[C@@H](c3nc4c(-c5ccc(C)cc5)cccc4[nH]3)N2C1=O. The van der Waals surface area contributed by atoms with E-state index >= 15 is 0 Å². The zero-order valence-electron chi connectivity index (χ0n) is 50.3. The molecule has 4 aliphatic rings. The molecule has 4 aliphatic heterocycles. The summed E-state index contributed by atoms with van der Waals surface area (Å²) in [7, 11) is 3.42. The Morgan fingerprint density at radius 3 is 1.40 bits per heavy atom. The van der Waals surface area contributed by atoms with Gasteiger partial charge in [0.15, 0.2) is 0 Å². The lowest BCUT2D eigenvalue weighted by molar-refractivity contribution is -0.144. The molecule has 0 aliphatic carbocycles. The lowest BCUT2D eigenvalue weighted by atomic mass is 10.0. The first-order valence-electron chi connectivity index (χ1n) is 30.3. The normalized spacial score (nSPS) is 21.3. The van der Waals surface area contributed by atoms with Gasteiger partial charge in [-0.1, -0.05) is 136 Å². The zero-order valence-corrected chi connectivity index (χ0v) is 50.3. The van der Waals surface area contributed by atoms with Gasteiger partial charge in [0, 0.05) is 55.8 Å². The molecule has 18 heteroatoms. The van der Waals surface area contributed by atoms with Crippen molar-refractivity contribution in [3.8, 4) is 22.3 Å². The summed E-state index contributed by atoms with van der Waals surface area (Å²) in [6, 6.07) is 35.5. The van der Waals surface area contributed by atoms with E-state index in [1.165, 1.54) is 11.1 Å². The molecule has 5 aromatic carbocycles. The van der Waals surface area contributed by atoms with Crippen molar-refractivity contribution < 1.29 is 28.8 Å². The summed E-state index contributed by atoms with van der Waals surface area (Å²) < 4.78 is 0. The van der Waals surface area contributed by atoms with E-state index in [-0.39, 0.29) is 92.5 Å². The Balaban J connectivity index is 0.000000204. The molecule has 0 bridgehead atoms. The van der Waals surface area contributed by atoms with Gasteiger partial charge in [-0.2, -0.15) is 0 Å². The van der Waals surface area contributed by atoms with Crippen molar-refractivity contribution in [1.82, 2.24) is 60.8 Å². The molecule has 7 aromatic rings. The van der Waals surface area contributed by atoms with Crippen molar-refractivity contribution in [1.29, 1.82) is 0 Å². The standard InChI is InChI=1S/C35H40N6O3.C32H42N6O3.CH4/c1-22-12-14-25(15-13-22)27-10-7-11-28-32(27)39-33(37-28)30-17-16-26-18-19-40(31(42)20-24-8-5-4-6-9-24)21-29(35(44)41(26)30)38-34(43)23(2)36-3;1-19(2)17-28(39)37-16-15-23-13-14-27(38(23)32(41)26(18-37)35-31(40)21(4)33-5)30-34-25-8-6-7-24(29(25)36-30)22-11-9-20(3)10-12-22;/h4-15,23,26,29-30,36H,16-21H2,1-3H3,(H,37,39)(H,38,43);6-12,19,21,23,26-27,33H,13-18H2,1-5H3,(H,34,36)(H,35,40);1H4/t23-,26+,29-,30-;21-,23+,26-,27-;/m00./s1. The number of aromatic amines is 2. The summed E-state index contributed by atoms with van der Waals surface area (Å²) in [5.41, 5.74) is 11.2. The number of hydrogen-bond acceptors (Lipinski definition) is 10. The number of likely N-dealkylation sites (N-methyl/N-ethyl adjacent to an activating group) is 2. The van der Waals surface area contributed by atoms with E-state index in [1.807, 2.05) is 78.2 Å². The number of aryl methyl sites for hydroxylation is 2. The van der Waals surface area contributed by atoms with Gasteiger partial charge >= 0.3 is 0 Å². The minimum Gasteiger partial charge on any atom is -0.341 e. The highest BCUT2D eigenvalue weighted by atomic mass is 16.2. The van der Waals surface area contributed by atoms with Crippen LogP contribution in [-0.2, 0) is 35.2 Å². The maximum atomic E-state index is 14.4. The molecule has 0 spiro atoms. The number of imidazole rings is 2. The van der Waals surface area contributed by atoms with Crippen LogP contribution < -0.4 is 21.3 Å². The molecule has 0 unspecified atom stereocenters. The zero-order chi connectivity index (χ0) is 60.1. The molecule has 0 saturated carbocycles. The molecule has 4 saturated heterocycles. The summed E-state index contributed by atoms with van der Waals surface area (Å²) >= 11 is 0. The molecule has 454 valence electrons. The highest BCUT2D eigenvalue weighted by molar-refractivity contribution is 5.95. The average molecular weight is 1170 g/mol. The van der Waals surface area contributed by atoms with Crippen molar-refractivity contribution >= 4 is 57.5 Å². The average Bonchev–Trinajstić information content (AvgIpc) is 1.76. The monoisotopic (exact) mass is 1170 g/mol. The number of carbonyl (C=O) groups is 6. The van der Waals surface area contributed by atoms with Crippen LogP contribution in [0, 0.1) is 19.8 Å². The third kappa shape index (κ3) is 13.7. The summed E-state index contributed by atoms with van der Waals surface area (Å²) in [4.78, 5) is 106. The number of rotatable bonds is 14. The van der Waals surface area contributed by atoms with E-state index < -0.39 is 24.2 Å². The Bertz CT molecular complexity index is 3530. The second-order valence-corrected chi connectivity index (χ2v) is 24.0. The molecule has 11 rings (SSSR count). The first-order chi connectivity index (χ1) is 41.0. The number of H-pyrrole nitrogens is 2. The van der Waals surface area contributed by atoms with Crippen LogP contribution >= 0.6 is 0 Å². The fourth-order valence-electron chi connectivity index (χ4n) is 12.5. The van der Waals surface area contributed by atoms with Crippen molar-refractivity contribution in [3.63, 3.8) is 0 Å². The fourth-order valence-corrected chi connectivity index (χ4v) is 12.5. The van der Waals surface area contributed by atoms with E-state index in [4.69, 9.17) is 9.97 Å². The molecule has 6 N–H and O–H groups in total. The lowest BCUT2D eigenvalue weighted by Gasteiger charge is -2.39. The summed E-state index contributed by atoms with van der Waals surface area (Å²) in [5, 5.41) is 11.8. The largest absolute Gasteiger partial charge is 0.341 e. The predicted molar refractivity (Wildman–Crippen MR) is 337 cm³/mol. The predicted octanol–water partition coefficient (Wildman–Crippen LogP) is 8.72. The first kappa shape index (κ1) is 62.3. The second-order valence-electron chi connectivity index (χ2n) is 24.0. The van der Waals surface area contributed by atoms with Crippen LogP contribution in [-0.4, -0.2) is 152 Å². The number of amides is 6. The molecule has 86 heavy (non-hydrogen) atoms. The molecule has 4 fully saturated rings. The van der Waals surface area contributed by atoms with Crippen LogP contribution in [0.1, 0.15) is 120 Å². The van der Waals surface area contributed by atoms with Crippen molar-refractivity contribution in [3.05, 3.63) is 144 Å². The van der Waals surface area contributed by atoms with Gasteiger partial charge in [-0.15, -0.1) is 0 Å². The maximum absolute atomic E-state index is 14.4. The van der Waals surface area contributed by atoms with Gasteiger partial charge in [0.2, 0.25) is 35.4 Å². The quantitative estimate of drug-likeness (QED) is 0.0608. The first-order valence-corrected chi connectivity index (χ1v) is 30.3. The number of benzene rings is 5. The Labute approximate surface area is 505 Å². The molecule has 18 nitrogen and oxygen atoms in total. The Morgan fingerprint density at radius 1 is 0.547 bits per heavy atom. The third-order valence-electron chi connectivity index (χ3n) is 17.6. The van der Waals surface area contributed by atoms with E-state index in [0.717, 1.165) is 87.2 Å². The number of nitrogens with zero attached hydrogens (tertiary/aromatic N) is 6. The molecule has 0 radical (unpaired) electrons. The summed E-state index contributed by atoms with van der Waals surface area (Å²) in [5.74, 6) is 0.833. The number of nitrogens with one attached hydrogen (secondary N) is 6. The highest BCUT2D eigenvalue weighted by Crippen LogP contribution is 2.42. The topological polar surface area (TPSA) is 221 Å². The summed E-state index contributed by atoms with van der Waals surface area (Å²) in [6.45, 7) is 13.0. The lowest BCUT2D eigenvalue weighted by Crippen LogP contribution is -2.60. The van der Waals surface area contributed by atoms with Crippen LogP contribution in [0.5, 0.6) is 0 Å². The van der Waals surface area contributed by atoms with Gasteiger partial charge in [-0.05, 0) is 115 Å². The van der Waals surface area contributed by atoms with Gasteiger partial charge in [0.25, 0.3) is 0 Å². The van der Waals surface area contributed by atoms with Crippen LogP contribution in [0.4, 0.5) is 0 Å². The van der Waals surface area contributed by atoms with E-state index in [1.54, 1.807) is 37.7 Å². The van der Waals surface area contributed by atoms with Gasteiger partial charge < -0.3 is 50.8 Å². The van der Waals surface area contributed by atoms with Gasteiger partial charge in [0.1, 0.15) is 23.7 Å². The Hall–Kier alpha value is -8.22. The van der Waals surface area contributed by atoms with Gasteiger partial charge in [0.05, 0.1) is 52.7 Å². The van der Waals surface area contributed by atoms with Crippen LogP contribution in [0.3, 0.4) is 0 Å². The fraction of sp³-hybridized carbons (Fsp3) is 0.441. The molecule has 2 aromatic heterocycles. The number of para-hydroxylation sites is 2. The third-order valence-corrected chi connectivity index (χ3v) is 17.6. The van der Waals surface area contributed by atoms with Gasteiger partial charge in [-0.3, -0.25) is 28.8 Å². The van der Waals surface area contributed by atoms with Crippen LogP contribution in [0.25, 0.3) is 44.3 Å². The second kappa shape index (κ2) is 27.4. The maximum Gasteiger partial charge on any atom is 0.247 e. The minimum atomic E-state index is -0.867. The Kier molecular flexibility index (Phi) is 19.9. The number of fused-ring (bicyclic) bond motifs is 4. The van der Waals surface area contributed by atoms with E-state index in [0.29, 0.717) is 32.4 Å². The molecular weight excluding hydrogens is 1080 g/mol. The molecule has 8 atom stereocenters. The van der Waals surface area contributed by atoms with E-state index in [9.17, 15) is 28.8 Å². The number of hydrogen-bond donors (Lipinski definition) is 6. The van der Waals surface area contributed by atoms with Gasteiger partial charge in [-0.25, -0.2) is 9.97 Å².